The van der Waals surface area contributed by atoms with Crippen molar-refractivity contribution in [3.63, 3.8) is 0 Å². The van der Waals surface area contributed by atoms with Crippen LogP contribution in [0.15, 0.2) is 64.4 Å². The third-order valence-electron chi connectivity index (χ3n) is 4.29. The Balaban J connectivity index is 2.32. The molecule has 0 saturated heterocycles. The van der Waals surface area contributed by atoms with Crippen LogP contribution in [0.4, 0.5) is 0 Å². The smallest absolute Gasteiger partial charge is 0.268 e. The van der Waals surface area contributed by atoms with Crippen molar-refractivity contribution in [2.45, 2.75) is 26.7 Å². The quantitative estimate of drug-likeness (QED) is 0.558. The number of benzene rings is 2. The molecule has 1 N–H and O–H groups in total. The minimum atomic E-state index is -0.250. The van der Waals surface area contributed by atoms with Crippen LogP contribution in [0, 0.1) is 0 Å². The largest absolute Gasteiger partial charge is 0.506 e. The van der Waals surface area contributed by atoms with E-state index >= 15 is 0 Å². The van der Waals surface area contributed by atoms with Crippen molar-refractivity contribution in [1.29, 1.82) is 0 Å². The van der Waals surface area contributed by atoms with E-state index in [1.54, 1.807) is 11.5 Å². The number of unbranched alkanes of at least 4 members (excludes halogenated alkanes) is 1. The van der Waals surface area contributed by atoms with Gasteiger partial charge in [-0.3, -0.25) is 14.4 Å². The van der Waals surface area contributed by atoms with Gasteiger partial charge < -0.3 is 5.11 Å². The lowest BCUT2D eigenvalue weighted by atomic mass is 10.1. The number of aromatic hydroxyl groups is 1. The van der Waals surface area contributed by atoms with Crippen LogP contribution in [0.1, 0.15) is 32.3 Å². The average molecular weight is 334 g/mol. The van der Waals surface area contributed by atoms with Gasteiger partial charge in [0.25, 0.3) is 5.56 Å². The van der Waals surface area contributed by atoms with Gasteiger partial charge in [-0.15, -0.1) is 0 Å². The predicted octanol–water partition coefficient (Wildman–Crippen LogP) is 4.31. The van der Waals surface area contributed by atoms with Gasteiger partial charge in [0, 0.05) is 23.3 Å². The molecule has 25 heavy (non-hydrogen) atoms. The number of rotatable bonds is 5. The molecule has 0 unspecified atom stereocenters. The number of fused-ring (bicyclic) bond motifs is 1. The van der Waals surface area contributed by atoms with Gasteiger partial charge in [-0.1, -0.05) is 43.7 Å². The van der Waals surface area contributed by atoms with E-state index in [1.165, 1.54) is 0 Å². The standard InChI is InChI=1S/C21H22N2O2/c1-3-4-14-22-15(2)19-20(24)17-12-8-9-13-18(17)23(21(19)25)16-10-6-5-7-11-16/h5-13,24H,3-4,14H2,1-2H3. The Hall–Kier alpha value is -2.88. The highest BCUT2D eigenvalue weighted by Crippen LogP contribution is 2.28. The Morgan fingerprint density at radius 3 is 2.48 bits per heavy atom. The molecule has 0 atom stereocenters. The molecule has 0 spiro atoms. The van der Waals surface area contributed by atoms with E-state index in [9.17, 15) is 9.90 Å². The minimum Gasteiger partial charge on any atom is -0.506 e. The zero-order valence-electron chi connectivity index (χ0n) is 14.6. The zero-order valence-corrected chi connectivity index (χ0v) is 14.6. The van der Waals surface area contributed by atoms with Gasteiger partial charge in [0.05, 0.1) is 5.52 Å². The second kappa shape index (κ2) is 7.34. The Labute approximate surface area is 147 Å². The summed E-state index contributed by atoms with van der Waals surface area (Å²) in [5.74, 6) is 0.00512. The van der Waals surface area contributed by atoms with E-state index in [2.05, 4.69) is 11.9 Å². The molecule has 0 fully saturated rings. The molecule has 3 rings (SSSR count). The van der Waals surface area contributed by atoms with Crippen molar-refractivity contribution in [3.05, 3.63) is 70.5 Å². The minimum absolute atomic E-state index is 0.00512. The van der Waals surface area contributed by atoms with E-state index < -0.39 is 0 Å². The van der Waals surface area contributed by atoms with Crippen LogP contribution in [0.5, 0.6) is 5.75 Å². The number of aromatic nitrogens is 1. The fourth-order valence-electron chi connectivity index (χ4n) is 2.97. The molecular weight excluding hydrogens is 312 g/mol. The van der Waals surface area contributed by atoms with Gasteiger partial charge in [0.2, 0.25) is 0 Å². The fourth-order valence-corrected chi connectivity index (χ4v) is 2.97. The molecule has 2 aromatic carbocycles. The Morgan fingerprint density at radius 1 is 1.08 bits per heavy atom. The Kier molecular flexibility index (Phi) is 4.98. The van der Waals surface area contributed by atoms with Gasteiger partial charge in [-0.05, 0) is 37.6 Å². The highest BCUT2D eigenvalue weighted by atomic mass is 16.3. The first kappa shape index (κ1) is 17.0. The number of hydrogen-bond acceptors (Lipinski definition) is 3. The van der Waals surface area contributed by atoms with E-state index in [0.717, 1.165) is 18.5 Å². The summed E-state index contributed by atoms with van der Waals surface area (Å²) >= 11 is 0. The molecule has 1 heterocycles. The second-order valence-corrected chi connectivity index (χ2v) is 6.04. The van der Waals surface area contributed by atoms with Crippen LogP contribution in [0.3, 0.4) is 0 Å². The lowest BCUT2D eigenvalue weighted by molar-refractivity contribution is 0.478. The maximum Gasteiger partial charge on any atom is 0.268 e. The average Bonchev–Trinajstić information content (AvgIpc) is 2.63. The van der Waals surface area contributed by atoms with Crippen LogP contribution >= 0.6 is 0 Å². The summed E-state index contributed by atoms with van der Waals surface area (Å²) < 4.78 is 1.64. The van der Waals surface area contributed by atoms with Gasteiger partial charge >= 0.3 is 0 Å². The molecule has 4 heteroatoms. The van der Waals surface area contributed by atoms with Gasteiger partial charge in [0.15, 0.2) is 0 Å². The molecule has 128 valence electrons. The number of pyridine rings is 1. The Morgan fingerprint density at radius 2 is 1.76 bits per heavy atom. The van der Waals surface area contributed by atoms with E-state index in [4.69, 9.17) is 0 Å². The van der Waals surface area contributed by atoms with Crippen LogP contribution in [0.2, 0.25) is 0 Å². The lowest BCUT2D eigenvalue weighted by Crippen LogP contribution is -2.25. The highest BCUT2D eigenvalue weighted by molar-refractivity contribution is 6.05. The third kappa shape index (κ3) is 3.20. The number of nitrogens with zero attached hydrogens (tertiary/aromatic N) is 2. The Bertz CT molecular complexity index is 972. The normalized spacial score (nSPS) is 11.8. The van der Waals surface area contributed by atoms with Crippen molar-refractivity contribution in [2.24, 2.45) is 4.99 Å². The first-order chi connectivity index (χ1) is 12.1. The van der Waals surface area contributed by atoms with Crippen LogP contribution in [-0.2, 0) is 0 Å². The maximum absolute atomic E-state index is 13.2. The fraction of sp³-hybridized carbons (Fsp3) is 0.238. The lowest BCUT2D eigenvalue weighted by Gasteiger charge is -2.15. The molecule has 0 aliphatic heterocycles. The molecular formula is C21H22N2O2. The van der Waals surface area contributed by atoms with E-state index in [-0.39, 0.29) is 16.9 Å². The maximum atomic E-state index is 13.2. The molecule has 4 nitrogen and oxygen atoms in total. The third-order valence-corrected chi connectivity index (χ3v) is 4.29. The van der Waals surface area contributed by atoms with Crippen LogP contribution < -0.4 is 5.56 Å². The molecule has 0 radical (unpaired) electrons. The summed E-state index contributed by atoms with van der Waals surface area (Å²) in [5.41, 5.74) is 2.05. The number of hydrogen-bond donors (Lipinski definition) is 1. The zero-order chi connectivity index (χ0) is 17.8. The summed E-state index contributed by atoms with van der Waals surface area (Å²) in [5, 5.41) is 11.4. The molecule has 0 amide bonds. The molecule has 1 aromatic heterocycles. The number of aliphatic imine (C=N–C) groups is 1. The first-order valence-electron chi connectivity index (χ1n) is 8.58. The topological polar surface area (TPSA) is 54.6 Å². The van der Waals surface area contributed by atoms with Gasteiger partial charge in [-0.25, -0.2) is 0 Å². The molecule has 0 aliphatic rings. The summed E-state index contributed by atoms with van der Waals surface area (Å²) in [6, 6.07) is 16.9. The summed E-state index contributed by atoms with van der Waals surface area (Å²) in [6.07, 6.45) is 1.99. The van der Waals surface area contributed by atoms with Crippen LogP contribution in [-0.4, -0.2) is 21.9 Å². The van der Waals surface area contributed by atoms with Crippen molar-refractivity contribution in [1.82, 2.24) is 4.57 Å². The van der Waals surface area contributed by atoms with Crippen molar-refractivity contribution < 1.29 is 5.11 Å². The molecule has 3 aromatic rings. The molecule has 0 saturated carbocycles. The van der Waals surface area contributed by atoms with Gasteiger partial charge in [-0.2, -0.15) is 0 Å². The monoisotopic (exact) mass is 334 g/mol. The highest BCUT2D eigenvalue weighted by Gasteiger charge is 2.18. The number of para-hydroxylation sites is 2. The SMILES string of the molecule is CCCCN=C(C)c1c(O)c2ccccc2n(-c2ccccc2)c1=O. The van der Waals surface area contributed by atoms with Gasteiger partial charge in [0.1, 0.15) is 11.3 Å². The second-order valence-electron chi connectivity index (χ2n) is 6.04. The summed E-state index contributed by atoms with van der Waals surface area (Å²) in [7, 11) is 0. The van der Waals surface area contributed by atoms with Crippen LogP contribution in [0.25, 0.3) is 16.6 Å². The first-order valence-corrected chi connectivity index (χ1v) is 8.58. The van der Waals surface area contributed by atoms with E-state index in [0.29, 0.717) is 23.2 Å². The predicted molar refractivity (Wildman–Crippen MR) is 103 cm³/mol. The van der Waals surface area contributed by atoms with Crippen molar-refractivity contribution in [3.8, 4) is 11.4 Å². The summed E-state index contributed by atoms with van der Waals surface area (Å²) in [4.78, 5) is 17.7. The molecule has 0 aliphatic carbocycles. The van der Waals surface area contributed by atoms with E-state index in [1.807, 2.05) is 54.6 Å². The molecule has 0 bridgehead atoms. The van der Waals surface area contributed by atoms with Crippen molar-refractivity contribution in [2.75, 3.05) is 6.54 Å². The summed E-state index contributed by atoms with van der Waals surface area (Å²) in [6.45, 7) is 4.54. The van der Waals surface area contributed by atoms with Crippen molar-refractivity contribution >= 4 is 16.6 Å².